The zero-order valence-electron chi connectivity index (χ0n) is 14.0. The van der Waals surface area contributed by atoms with Crippen LogP contribution in [0.2, 0.25) is 0 Å². The number of benzene rings is 2. The first kappa shape index (κ1) is 16.5. The Bertz CT molecular complexity index is 1130. The second kappa shape index (κ2) is 6.72. The average Bonchev–Trinajstić information content (AvgIpc) is 2.68. The third kappa shape index (κ3) is 3.52. The molecule has 2 heterocycles. The predicted octanol–water partition coefficient (Wildman–Crippen LogP) is 3.84. The summed E-state index contributed by atoms with van der Waals surface area (Å²) in [6.07, 6.45) is 1.66. The molecule has 0 aliphatic carbocycles. The number of aromatic carboxylic acids is 1. The van der Waals surface area contributed by atoms with Gasteiger partial charge >= 0.3 is 5.97 Å². The molecule has 2 aromatic carbocycles. The highest BCUT2D eigenvalue weighted by Gasteiger charge is 2.06. The van der Waals surface area contributed by atoms with Gasteiger partial charge in [-0.1, -0.05) is 0 Å². The zero-order valence-corrected chi connectivity index (χ0v) is 14.0. The SMILES string of the molecule is O=C(O)c1ccc(Nc2ccc3ncc(-c4ccc(O)cc4)nc3n2)cc1. The molecule has 7 heteroatoms. The van der Waals surface area contributed by atoms with Gasteiger partial charge in [0, 0.05) is 11.3 Å². The maximum atomic E-state index is 10.9. The van der Waals surface area contributed by atoms with Crippen molar-refractivity contribution >= 4 is 28.6 Å². The van der Waals surface area contributed by atoms with Crippen LogP contribution < -0.4 is 5.32 Å². The van der Waals surface area contributed by atoms with Crippen LogP contribution >= 0.6 is 0 Å². The van der Waals surface area contributed by atoms with Gasteiger partial charge in [0.25, 0.3) is 0 Å². The minimum atomic E-state index is -0.970. The summed E-state index contributed by atoms with van der Waals surface area (Å²) in [5.74, 6) is -0.212. The van der Waals surface area contributed by atoms with Crippen molar-refractivity contribution in [3.63, 3.8) is 0 Å². The number of anilines is 2. The molecule has 0 aliphatic heterocycles. The van der Waals surface area contributed by atoms with E-state index >= 15 is 0 Å². The minimum absolute atomic E-state index is 0.186. The fraction of sp³-hybridized carbons (Fsp3) is 0. The molecule has 0 aliphatic rings. The highest BCUT2D eigenvalue weighted by atomic mass is 16.4. The van der Waals surface area contributed by atoms with E-state index in [0.29, 0.717) is 22.7 Å². The number of carboxylic acid groups (broad SMARTS) is 1. The van der Waals surface area contributed by atoms with Crippen LogP contribution in [-0.4, -0.2) is 31.1 Å². The molecule has 4 rings (SSSR count). The molecule has 0 bridgehead atoms. The molecule has 2 aromatic heterocycles. The standard InChI is InChI=1S/C20H14N4O3/c25-15-7-3-12(4-8-15)17-11-21-16-9-10-18(24-19(16)23-17)22-14-5-1-13(2-6-14)20(26)27/h1-11,25H,(H,26,27)(H,22,23,24). The Morgan fingerprint density at radius 3 is 2.33 bits per heavy atom. The van der Waals surface area contributed by atoms with E-state index in [1.54, 1.807) is 48.7 Å². The van der Waals surface area contributed by atoms with E-state index in [2.05, 4.69) is 20.3 Å². The quantitative estimate of drug-likeness (QED) is 0.508. The third-order valence-corrected chi connectivity index (χ3v) is 3.97. The predicted molar refractivity (Wildman–Crippen MR) is 101 cm³/mol. The highest BCUT2D eigenvalue weighted by molar-refractivity contribution is 5.88. The molecule has 0 atom stereocenters. The van der Waals surface area contributed by atoms with Gasteiger partial charge in [0.2, 0.25) is 0 Å². The van der Waals surface area contributed by atoms with Crippen molar-refractivity contribution in [3.8, 4) is 17.0 Å². The Morgan fingerprint density at radius 2 is 1.63 bits per heavy atom. The van der Waals surface area contributed by atoms with E-state index in [9.17, 15) is 9.90 Å². The largest absolute Gasteiger partial charge is 0.508 e. The molecule has 4 aromatic rings. The summed E-state index contributed by atoms with van der Waals surface area (Å²) in [6, 6.07) is 16.7. The minimum Gasteiger partial charge on any atom is -0.508 e. The Kier molecular flexibility index (Phi) is 4.10. The lowest BCUT2D eigenvalue weighted by molar-refractivity contribution is 0.0697. The summed E-state index contributed by atoms with van der Waals surface area (Å²) in [7, 11) is 0. The van der Waals surface area contributed by atoms with Crippen molar-refractivity contribution in [2.45, 2.75) is 0 Å². The van der Waals surface area contributed by atoms with Gasteiger partial charge in [-0.25, -0.2) is 14.8 Å². The number of nitrogens with one attached hydrogen (secondary N) is 1. The van der Waals surface area contributed by atoms with Crippen molar-refractivity contribution in [3.05, 3.63) is 72.4 Å². The van der Waals surface area contributed by atoms with E-state index in [1.165, 1.54) is 12.1 Å². The van der Waals surface area contributed by atoms with Crippen LogP contribution in [0.15, 0.2) is 66.9 Å². The third-order valence-electron chi connectivity index (χ3n) is 3.97. The molecular weight excluding hydrogens is 344 g/mol. The molecule has 7 nitrogen and oxygen atoms in total. The van der Waals surface area contributed by atoms with Crippen LogP contribution in [0.1, 0.15) is 10.4 Å². The van der Waals surface area contributed by atoms with Crippen molar-refractivity contribution in [1.29, 1.82) is 0 Å². The first-order chi connectivity index (χ1) is 13.1. The molecule has 27 heavy (non-hydrogen) atoms. The van der Waals surface area contributed by atoms with Gasteiger partial charge in [0.1, 0.15) is 17.1 Å². The van der Waals surface area contributed by atoms with Crippen LogP contribution in [0.5, 0.6) is 5.75 Å². The smallest absolute Gasteiger partial charge is 0.335 e. The van der Waals surface area contributed by atoms with Crippen LogP contribution in [0.4, 0.5) is 11.5 Å². The van der Waals surface area contributed by atoms with Gasteiger partial charge in [-0.05, 0) is 60.7 Å². The zero-order chi connectivity index (χ0) is 18.8. The van der Waals surface area contributed by atoms with E-state index in [-0.39, 0.29) is 11.3 Å². The van der Waals surface area contributed by atoms with Crippen LogP contribution in [0, 0.1) is 0 Å². The summed E-state index contributed by atoms with van der Waals surface area (Å²) in [5, 5.41) is 21.5. The summed E-state index contributed by atoms with van der Waals surface area (Å²) >= 11 is 0. The molecule has 3 N–H and O–H groups in total. The molecule has 0 saturated heterocycles. The normalized spacial score (nSPS) is 10.7. The van der Waals surface area contributed by atoms with Gasteiger partial charge in [-0.3, -0.25) is 4.98 Å². The lowest BCUT2D eigenvalue weighted by Gasteiger charge is -2.07. The number of phenols is 1. The number of rotatable bonds is 4. The number of fused-ring (bicyclic) bond motifs is 1. The summed E-state index contributed by atoms with van der Waals surface area (Å²) in [5.41, 5.74) is 3.55. The van der Waals surface area contributed by atoms with Crippen LogP contribution in [0.25, 0.3) is 22.4 Å². The molecule has 0 fully saturated rings. The second-order valence-corrected chi connectivity index (χ2v) is 5.85. The lowest BCUT2D eigenvalue weighted by Crippen LogP contribution is -1.98. The number of aromatic hydroxyl groups is 1. The van der Waals surface area contributed by atoms with Gasteiger partial charge < -0.3 is 15.5 Å². The maximum absolute atomic E-state index is 10.9. The molecule has 0 unspecified atom stereocenters. The number of phenolic OH excluding ortho intramolecular Hbond substituents is 1. The van der Waals surface area contributed by atoms with E-state index < -0.39 is 5.97 Å². The Morgan fingerprint density at radius 1 is 0.889 bits per heavy atom. The first-order valence-corrected chi connectivity index (χ1v) is 8.12. The summed E-state index contributed by atoms with van der Waals surface area (Å²) in [6.45, 7) is 0. The molecule has 132 valence electrons. The molecule has 0 spiro atoms. The Hall–Kier alpha value is -4.00. The number of carbonyl (C=O) groups is 1. The molecular formula is C20H14N4O3. The number of pyridine rings is 1. The van der Waals surface area contributed by atoms with Crippen molar-refractivity contribution in [2.75, 3.05) is 5.32 Å². The molecule has 0 amide bonds. The second-order valence-electron chi connectivity index (χ2n) is 5.85. The number of aromatic nitrogens is 3. The van der Waals surface area contributed by atoms with Gasteiger partial charge in [0.05, 0.1) is 17.5 Å². The van der Waals surface area contributed by atoms with E-state index in [1.807, 2.05) is 6.07 Å². The van der Waals surface area contributed by atoms with E-state index in [4.69, 9.17) is 5.11 Å². The number of nitrogens with zero attached hydrogens (tertiary/aromatic N) is 3. The van der Waals surface area contributed by atoms with Crippen molar-refractivity contribution in [1.82, 2.24) is 15.0 Å². The number of hydrogen-bond donors (Lipinski definition) is 3. The molecule has 0 radical (unpaired) electrons. The fourth-order valence-corrected chi connectivity index (χ4v) is 2.58. The van der Waals surface area contributed by atoms with Gasteiger partial charge in [-0.15, -0.1) is 0 Å². The van der Waals surface area contributed by atoms with Crippen LogP contribution in [0.3, 0.4) is 0 Å². The van der Waals surface area contributed by atoms with Gasteiger partial charge in [-0.2, -0.15) is 0 Å². The van der Waals surface area contributed by atoms with Crippen molar-refractivity contribution in [2.24, 2.45) is 0 Å². The summed E-state index contributed by atoms with van der Waals surface area (Å²) in [4.78, 5) is 24.3. The number of hydrogen-bond acceptors (Lipinski definition) is 6. The monoisotopic (exact) mass is 358 g/mol. The number of carboxylic acids is 1. The highest BCUT2D eigenvalue weighted by Crippen LogP contribution is 2.22. The van der Waals surface area contributed by atoms with E-state index in [0.717, 1.165) is 11.3 Å². The topological polar surface area (TPSA) is 108 Å². The van der Waals surface area contributed by atoms with Gasteiger partial charge in [0.15, 0.2) is 5.65 Å². The molecule has 0 saturated carbocycles. The lowest BCUT2D eigenvalue weighted by atomic mass is 10.1. The van der Waals surface area contributed by atoms with Crippen LogP contribution in [-0.2, 0) is 0 Å². The fourth-order valence-electron chi connectivity index (χ4n) is 2.58. The average molecular weight is 358 g/mol. The maximum Gasteiger partial charge on any atom is 0.335 e. The van der Waals surface area contributed by atoms with Crippen molar-refractivity contribution < 1.29 is 15.0 Å². The Balaban J connectivity index is 1.64. The Labute approximate surface area is 154 Å². The first-order valence-electron chi connectivity index (χ1n) is 8.12. The summed E-state index contributed by atoms with van der Waals surface area (Å²) < 4.78 is 0.